The third kappa shape index (κ3) is 3.81. The predicted octanol–water partition coefficient (Wildman–Crippen LogP) is 0.807. The molecule has 1 saturated heterocycles. The molecule has 0 aromatic carbocycles. The first-order valence-electron chi connectivity index (χ1n) is 4.63. The summed E-state index contributed by atoms with van der Waals surface area (Å²) in [4.78, 5) is 0. The molecule has 1 rings (SSSR count). The normalized spacial score (nSPS) is 27.2. The van der Waals surface area contributed by atoms with Gasteiger partial charge in [0.05, 0.1) is 0 Å². The molecule has 0 amide bonds. The monoisotopic (exact) mass is 209 g/mol. The Labute approximate surface area is 86.3 Å². The quantitative estimate of drug-likeness (QED) is 0.659. The zero-order chi connectivity index (χ0) is 8.86. The number of halogens is 1. The van der Waals surface area contributed by atoms with E-state index in [2.05, 4.69) is 5.32 Å². The molecule has 1 aliphatic rings. The number of hydrogen-bond donors (Lipinski definition) is 2. The van der Waals surface area contributed by atoms with Gasteiger partial charge in [0, 0.05) is 32.3 Å². The van der Waals surface area contributed by atoms with Crippen LogP contribution in [0.4, 0.5) is 0 Å². The van der Waals surface area contributed by atoms with Crippen LogP contribution in [-0.2, 0) is 4.74 Å². The van der Waals surface area contributed by atoms with E-state index in [0.717, 1.165) is 39.0 Å². The smallest absolute Gasteiger partial charge is 0.0500 e. The average Bonchev–Trinajstić information content (AvgIpc) is 2.55. The van der Waals surface area contributed by atoms with Crippen molar-refractivity contribution in [2.75, 3.05) is 33.4 Å². The Morgan fingerprint density at radius 1 is 1.54 bits per heavy atom. The van der Waals surface area contributed by atoms with Gasteiger partial charge in [-0.25, -0.2) is 0 Å². The lowest BCUT2D eigenvalue weighted by Crippen LogP contribution is -2.28. The number of methoxy groups -OCH3 is 1. The van der Waals surface area contributed by atoms with Gasteiger partial charge in [-0.05, 0) is 25.8 Å². The van der Waals surface area contributed by atoms with Crippen molar-refractivity contribution in [1.82, 2.24) is 5.32 Å². The summed E-state index contributed by atoms with van der Waals surface area (Å²) in [5, 5.41) is 12.5. The number of aliphatic hydroxyl groups excluding tert-OH is 1. The molecule has 0 unspecified atom stereocenters. The van der Waals surface area contributed by atoms with Crippen molar-refractivity contribution in [3.8, 4) is 0 Å². The summed E-state index contributed by atoms with van der Waals surface area (Å²) in [7, 11) is 1.72. The molecule has 0 aromatic heterocycles. The molecule has 3 nitrogen and oxygen atoms in total. The summed E-state index contributed by atoms with van der Waals surface area (Å²) in [5.74, 6) is 0. The van der Waals surface area contributed by atoms with E-state index in [0.29, 0.717) is 6.61 Å². The highest BCUT2D eigenvalue weighted by Crippen LogP contribution is 2.29. The van der Waals surface area contributed by atoms with E-state index in [9.17, 15) is 5.11 Å². The lowest BCUT2D eigenvalue weighted by Gasteiger charge is -2.25. The van der Waals surface area contributed by atoms with Gasteiger partial charge in [0.15, 0.2) is 0 Å². The molecule has 0 aliphatic carbocycles. The molecule has 0 bridgehead atoms. The Morgan fingerprint density at radius 3 is 2.77 bits per heavy atom. The van der Waals surface area contributed by atoms with Crippen molar-refractivity contribution < 1.29 is 9.84 Å². The maximum absolute atomic E-state index is 9.24. The van der Waals surface area contributed by atoms with Gasteiger partial charge in [-0.3, -0.25) is 0 Å². The Hall–Kier alpha value is 0.170. The maximum atomic E-state index is 9.24. The van der Waals surface area contributed by atoms with Crippen LogP contribution >= 0.6 is 12.4 Å². The van der Waals surface area contributed by atoms with Gasteiger partial charge in [0.25, 0.3) is 0 Å². The second-order valence-corrected chi connectivity index (χ2v) is 3.68. The van der Waals surface area contributed by atoms with E-state index in [1.54, 1.807) is 7.11 Å². The summed E-state index contributed by atoms with van der Waals surface area (Å²) < 4.78 is 4.99. The largest absolute Gasteiger partial charge is 0.396 e. The van der Waals surface area contributed by atoms with E-state index in [1.807, 2.05) is 0 Å². The highest BCUT2D eigenvalue weighted by molar-refractivity contribution is 5.85. The zero-order valence-electron chi connectivity index (χ0n) is 8.21. The molecule has 4 heteroatoms. The van der Waals surface area contributed by atoms with Crippen LogP contribution < -0.4 is 5.32 Å². The van der Waals surface area contributed by atoms with Crippen molar-refractivity contribution >= 4 is 12.4 Å². The first-order chi connectivity index (χ1) is 5.83. The molecule has 1 aliphatic heterocycles. The molecule has 0 saturated carbocycles. The fraction of sp³-hybridized carbons (Fsp3) is 1.00. The molecular weight excluding hydrogens is 190 g/mol. The van der Waals surface area contributed by atoms with Gasteiger partial charge in [-0.2, -0.15) is 0 Å². The van der Waals surface area contributed by atoms with E-state index in [4.69, 9.17) is 4.74 Å². The molecular formula is C9H20ClNO2. The Kier molecular flexibility index (Phi) is 6.68. The molecule has 0 radical (unpaired) electrons. The maximum Gasteiger partial charge on any atom is 0.0500 e. The summed E-state index contributed by atoms with van der Waals surface area (Å²) in [6.07, 6.45) is 3.23. The zero-order valence-corrected chi connectivity index (χ0v) is 9.03. The number of ether oxygens (including phenoxy) is 1. The van der Waals surface area contributed by atoms with Crippen LogP contribution in [0, 0.1) is 5.41 Å². The lowest BCUT2D eigenvalue weighted by atomic mass is 9.83. The van der Waals surface area contributed by atoms with Crippen molar-refractivity contribution in [3.63, 3.8) is 0 Å². The SMILES string of the molecule is COCCC[C@]1(CO)CCNC1.Cl. The van der Waals surface area contributed by atoms with Gasteiger partial charge in [0.2, 0.25) is 0 Å². The average molecular weight is 210 g/mol. The van der Waals surface area contributed by atoms with Crippen LogP contribution in [-0.4, -0.2) is 38.5 Å². The Bertz CT molecular complexity index is 127. The third-order valence-electron chi connectivity index (χ3n) is 2.72. The molecule has 13 heavy (non-hydrogen) atoms. The van der Waals surface area contributed by atoms with Gasteiger partial charge < -0.3 is 15.2 Å². The van der Waals surface area contributed by atoms with E-state index >= 15 is 0 Å². The van der Waals surface area contributed by atoms with Crippen LogP contribution in [0.1, 0.15) is 19.3 Å². The van der Waals surface area contributed by atoms with E-state index < -0.39 is 0 Å². The van der Waals surface area contributed by atoms with Crippen LogP contribution in [0.2, 0.25) is 0 Å². The van der Waals surface area contributed by atoms with Crippen LogP contribution in [0.5, 0.6) is 0 Å². The summed E-state index contributed by atoms with van der Waals surface area (Å²) in [5.41, 5.74) is 0.151. The van der Waals surface area contributed by atoms with Gasteiger partial charge in [-0.15, -0.1) is 12.4 Å². The lowest BCUT2D eigenvalue weighted by molar-refractivity contribution is 0.113. The molecule has 0 aromatic rings. The fourth-order valence-corrected chi connectivity index (χ4v) is 1.81. The molecule has 1 atom stereocenters. The third-order valence-corrected chi connectivity index (χ3v) is 2.72. The van der Waals surface area contributed by atoms with Crippen molar-refractivity contribution in [3.05, 3.63) is 0 Å². The highest BCUT2D eigenvalue weighted by atomic mass is 35.5. The Balaban J connectivity index is 0.00000144. The van der Waals surface area contributed by atoms with Crippen LogP contribution in [0.15, 0.2) is 0 Å². The second kappa shape index (κ2) is 6.60. The standard InChI is InChI=1S/C9H19NO2.ClH/c1-12-6-2-3-9(8-11)4-5-10-7-9;/h10-11H,2-8H2,1H3;1H/t9-;/m0./s1. The van der Waals surface area contributed by atoms with Gasteiger partial charge >= 0.3 is 0 Å². The van der Waals surface area contributed by atoms with Crippen molar-refractivity contribution in [2.24, 2.45) is 5.41 Å². The van der Waals surface area contributed by atoms with Crippen LogP contribution in [0.25, 0.3) is 0 Å². The molecule has 0 spiro atoms. The number of aliphatic hydroxyl groups is 1. The molecule has 2 N–H and O–H groups in total. The Morgan fingerprint density at radius 2 is 2.31 bits per heavy atom. The van der Waals surface area contributed by atoms with E-state index in [1.165, 1.54) is 0 Å². The minimum absolute atomic E-state index is 0. The predicted molar refractivity (Wildman–Crippen MR) is 55.4 cm³/mol. The van der Waals surface area contributed by atoms with Crippen molar-refractivity contribution in [2.45, 2.75) is 19.3 Å². The topological polar surface area (TPSA) is 41.5 Å². The summed E-state index contributed by atoms with van der Waals surface area (Å²) >= 11 is 0. The number of nitrogens with one attached hydrogen (secondary N) is 1. The first kappa shape index (κ1) is 13.2. The highest BCUT2D eigenvalue weighted by Gasteiger charge is 2.32. The van der Waals surface area contributed by atoms with Gasteiger partial charge in [0.1, 0.15) is 0 Å². The van der Waals surface area contributed by atoms with Crippen LogP contribution in [0.3, 0.4) is 0 Å². The minimum Gasteiger partial charge on any atom is -0.396 e. The fourth-order valence-electron chi connectivity index (χ4n) is 1.81. The minimum atomic E-state index is 0. The van der Waals surface area contributed by atoms with Crippen molar-refractivity contribution in [1.29, 1.82) is 0 Å². The van der Waals surface area contributed by atoms with E-state index in [-0.39, 0.29) is 17.8 Å². The summed E-state index contributed by atoms with van der Waals surface area (Å²) in [6.45, 7) is 3.13. The van der Waals surface area contributed by atoms with Gasteiger partial charge in [-0.1, -0.05) is 0 Å². The number of hydrogen-bond acceptors (Lipinski definition) is 3. The molecule has 1 fully saturated rings. The molecule has 1 heterocycles. The molecule has 80 valence electrons. The number of rotatable bonds is 5. The second-order valence-electron chi connectivity index (χ2n) is 3.68. The first-order valence-corrected chi connectivity index (χ1v) is 4.63. The summed E-state index contributed by atoms with van der Waals surface area (Å²) in [6, 6.07) is 0.